The van der Waals surface area contributed by atoms with Crippen molar-refractivity contribution < 1.29 is 14.7 Å². The van der Waals surface area contributed by atoms with Gasteiger partial charge in [-0.05, 0) is 12.1 Å². The lowest BCUT2D eigenvalue weighted by molar-refractivity contribution is -0.0979. The number of phenols is 1. The normalized spacial score (nSPS) is 7.21. The lowest BCUT2D eigenvalue weighted by Gasteiger charge is -1.89. The first-order chi connectivity index (χ1) is 6.54. The molecular weight excluding hydrogens is 208 g/mol. The van der Waals surface area contributed by atoms with E-state index in [4.69, 9.17) is 26.3 Å². The van der Waals surface area contributed by atoms with E-state index >= 15 is 0 Å². The quantitative estimate of drug-likeness (QED) is 0.602. The monoisotopic (exact) mass is 218 g/mol. The maximum atomic E-state index is 9.00. The van der Waals surface area contributed by atoms with Crippen LogP contribution in [0.15, 0.2) is 24.3 Å². The second-order valence-corrected chi connectivity index (χ2v) is 2.26. The van der Waals surface area contributed by atoms with Crippen molar-refractivity contribution in [2.45, 2.75) is 0 Å². The fourth-order valence-electron chi connectivity index (χ4n) is 0.452. The third-order valence-corrected chi connectivity index (χ3v) is 1.17. The summed E-state index contributed by atoms with van der Waals surface area (Å²) in [4.78, 5) is 17.0. The molecule has 14 heavy (non-hydrogen) atoms. The number of benzene rings is 1. The van der Waals surface area contributed by atoms with Crippen molar-refractivity contribution in [1.82, 2.24) is 0 Å². The number of amides is 2. The van der Waals surface area contributed by atoms with Crippen LogP contribution in [0.5, 0.6) is 5.75 Å². The molecule has 0 radical (unpaired) electrons. The predicted octanol–water partition coefficient (Wildman–Crippen LogP) is 0.884. The van der Waals surface area contributed by atoms with Gasteiger partial charge in [0, 0.05) is 0 Å². The summed E-state index contributed by atoms with van der Waals surface area (Å²) >= 11 is 5.46. The number of hydrogen-bond acceptors (Lipinski definition) is 3. The highest BCUT2D eigenvalue weighted by molar-refractivity contribution is 6.31. The van der Waals surface area contributed by atoms with Crippen molar-refractivity contribution in [1.29, 1.82) is 0 Å². The second kappa shape index (κ2) is 9.34. The first-order valence-electron chi connectivity index (χ1n) is 3.31. The minimum atomic E-state index is -0.833. The maximum Gasteiger partial charge on any atom is 0.309 e. The summed E-state index contributed by atoms with van der Waals surface area (Å²) in [6, 6.07) is 5.84. The van der Waals surface area contributed by atoms with Crippen molar-refractivity contribution in [2.75, 3.05) is 0 Å². The molecule has 0 heterocycles. The van der Waals surface area contributed by atoms with Crippen molar-refractivity contribution in [3.05, 3.63) is 29.3 Å². The molecule has 5 nitrogen and oxygen atoms in total. The summed E-state index contributed by atoms with van der Waals surface area (Å²) in [6.07, 6.45) is 0. The standard InChI is InChI=1S/C6H5ClO.CH4N2O.CH2O/c7-5-3-1-2-4-6(5)8;2-1(3)4;1-2/h1-4,8H;(H4,2,3,4);1H2. The Morgan fingerprint density at radius 3 is 1.86 bits per heavy atom. The van der Waals surface area contributed by atoms with Gasteiger partial charge in [-0.3, -0.25) is 0 Å². The third-order valence-electron chi connectivity index (χ3n) is 0.852. The zero-order chi connectivity index (χ0) is 11.6. The molecule has 0 saturated heterocycles. The van der Waals surface area contributed by atoms with E-state index in [1.807, 2.05) is 6.79 Å². The van der Waals surface area contributed by atoms with Gasteiger partial charge in [-0.1, -0.05) is 23.7 Å². The van der Waals surface area contributed by atoms with E-state index in [-0.39, 0.29) is 5.75 Å². The Labute approximate surface area is 86.3 Å². The molecule has 0 saturated carbocycles. The highest BCUT2D eigenvalue weighted by Crippen LogP contribution is 2.20. The Balaban J connectivity index is 0. The summed E-state index contributed by atoms with van der Waals surface area (Å²) in [5, 5.41) is 9.18. The van der Waals surface area contributed by atoms with Gasteiger partial charge in [0.1, 0.15) is 12.5 Å². The van der Waals surface area contributed by atoms with Crippen LogP contribution in [0, 0.1) is 0 Å². The van der Waals surface area contributed by atoms with Gasteiger partial charge in [0.15, 0.2) is 0 Å². The molecule has 0 aliphatic carbocycles. The number of urea groups is 1. The number of rotatable bonds is 0. The number of phenolic OH excluding ortho intramolecular Hbond substituents is 1. The van der Waals surface area contributed by atoms with E-state index in [0.717, 1.165) is 0 Å². The van der Waals surface area contributed by atoms with Crippen LogP contribution < -0.4 is 11.5 Å². The number of halogens is 1. The van der Waals surface area contributed by atoms with E-state index in [1.54, 1.807) is 24.3 Å². The van der Waals surface area contributed by atoms with Gasteiger partial charge in [-0.2, -0.15) is 0 Å². The fraction of sp³-hybridized carbons (Fsp3) is 0. The van der Waals surface area contributed by atoms with Crippen LogP contribution in [-0.2, 0) is 4.79 Å². The number of primary amides is 2. The van der Waals surface area contributed by atoms with Crippen molar-refractivity contribution in [3.63, 3.8) is 0 Å². The van der Waals surface area contributed by atoms with Crippen LogP contribution in [0.2, 0.25) is 5.02 Å². The van der Waals surface area contributed by atoms with E-state index < -0.39 is 6.03 Å². The average Bonchev–Trinajstić information content (AvgIpc) is 2.13. The van der Waals surface area contributed by atoms with Gasteiger partial charge in [0.2, 0.25) is 0 Å². The molecule has 0 aromatic heterocycles. The number of carbonyl (C=O) groups excluding carboxylic acids is 2. The van der Waals surface area contributed by atoms with Gasteiger partial charge in [0.05, 0.1) is 5.02 Å². The Bertz CT molecular complexity index is 256. The number of nitrogens with two attached hydrogens (primary N) is 2. The Morgan fingerprint density at radius 1 is 1.29 bits per heavy atom. The minimum absolute atomic E-state index is 0.133. The zero-order valence-electron chi connectivity index (χ0n) is 7.31. The van der Waals surface area contributed by atoms with Crippen LogP contribution in [-0.4, -0.2) is 17.9 Å². The van der Waals surface area contributed by atoms with E-state index in [2.05, 4.69) is 11.5 Å². The average molecular weight is 219 g/mol. The molecule has 0 unspecified atom stereocenters. The van der Waals surface area contributed by atoms with Gasteiger partial charge >= 0.3 is 6.03 Å². The molecule has 0 atom stereocenters. The highest BCUT2D eigenvalue weighted by Gasteiger charge is 1.89. The first-order valence-corrected chi connectivity index (χ1v) is 3.69. The maximum absolute atomic E-state index is 9.00. The number of aromatic hydroxyl groups is 1. The van der Waals surface area contributed by atoms with Crippen LogP contribution in [0.4, 0.5) is 4.79 Å². The topological polar surface area (TPSA) is 106 Å². The number of para-hydroxylation sites is 1. The van der Waals surface area contributed by atoms with E-state index in [9.17, 15) is 0 Å². The van der Waals surface area contributed by atoms with Gasteiger partial charge in [-0.15, -0.1) is 0 Å². The molecule has 6 heteroatoms. The summed E-state index contributed by atoms with van der Waals surface area (Å²) in [7, 11) is 0. The fourth-order valence-corrected chi connectivity index (χ4v) is 0.587. The van der Waals surface area contributed by atoms with Gasteiger partial charge in [-0.25, -0.2) is 4.79 Å². The van der Waals surface area contributed by atoms with Crippen LogP contribution in [0.3, 0.4) is 0 Å². The largest absolute Gasteiger partial charge is 0.506 e. The Kier molecular flexibility index (Phi) is 9.84. The molecule has 0 bridgehead atoms. The molecule has 1 aromatic rings. The van der Waals surface area contributed by atoms with Crippen molar-refractivity contribution in [3.8, 4) is 5.75 Å². The van der Waals surface area contributed by atoms with Crippen LogP contribution in [0.1, 0.15) is 0 Å². The zero-order valence-corrected chi connectivity index (χ0v) is 8.07. The van der Waals surface area contributed by atoms with Crippen molar-refractivity contribution in [2.24, 2.45) is 11.5 Å². The molecule has 78 valence electrons. The lowest BCUT2D eigenvalue weighted by Crippen LogP contribution is -2.18. The molecule has 0 spiro atoms. The van der Waals surface area contributed by atoms with E-state index in [1.165, 1.54) is 0 Å². The molecule has 0 aliphatic heterocycles. The van der Waals surface area contributed by atoms with Crippen LogP contribution in [0.25, 0.3) is 0 Å². The van der Waals surface area contributed by atoms with Gasteiger partial charge < -0.3 is 21.4 Å². The van der Waals surface area contributed by atoms with Crippen molar-refractivity contribution >= 4 is 24.4 Å². The Morgan fingerprint density at radius 2 is 1.64 bits per heavy atom. The molecule has 2 amide bonds. The Hall–Kier alpha value is -1.75. The predicted molar refractivity (Wildman–Crippen MR) is 54.0 cm³/mol. The molecule has 5 N–H and O–H groups in total. The molecule has 0 fully saturated rings. The summed E-state index contributed by atoms with van der Waals surface area (Å²) in [5.41, 5.74) is 8.50. The van der Waals surface area contributed by atoms with Crippen LogP contribution >= 0.6 is 11.6 Å². The number of hydrogen-bond donors (Lipinski definition) is 3. The minimum Gasteiger partial charge on any atom is -0.506 e. The SMILES string of the molecule is C=O.NC(N)=O.Oc1ccccc1Cl. The number of carbonyl (C=O) groups is 2. The molecule has 0 aliphatic rings. The smallest absolute Gasteiger partial charge is 0.309 e. The summed E-state index contributed by atoms with van der Waals surface area (Å²) < 4.78 is 0. The summed E-state index contributed by atoms with van der Waals surface area (Å²) in [6.45, 7) is 2.00. The molecule has 1 rings (SSSR count). The highest BCUT2D eigenvalue weighted by atomic mass is 35.5. The molecular formula is C8H11ClN2O3. The molecule has 1 aromatic carbocycles. The summed E-state index contributed by atoms with van der Waals surface area (Å²) in [5.74, 6) is 0.133. The second-order valence-electron chi connectivity index (χ2n) is 1.85. The third kappa shape index (κ3) is 10.2. The van der Waals surface area contributed by atoms with Gasteiger partial charge in [0.25, 0.3) is 0 Å². The lowest BCUT2D eigenvalue weighted by atomic mass is 10.3. The first kappa shape index (κ1) is 14.8. The van der Waals surface area contributed by atoms with E-state index in [0.29, 0.717) is 5.02 Å².